The van der Waals surface area contributed by atoms with Crippen LogP contribution < -0.4 is 5.32 Å². The molecule has 2 rings (SSSR count). The summed E-state index contributed by atoms with van der Waals surface area (Å²) >= 11 is 0. The molecule has 4 nitrogen and oxygen atoms in total. The van der Waals surface area contributed by atoms with Crippen molar-refractivity contribution in [3.8, 4) is 0 Å². The van der Waals surface area contributed by atoms with Crippen molar-refractivity contribution < 1.29 is 0 Å². The van der Waals surface area contributed by atoms with Gasteiger partial charge in [0.1, 0.15) is 0 Å². The van der Waals surface area contributed by atoms with Gasteiger partial charge in [0.25, 0.3) is 0 Å². The highest BCUT2D eigenvalue weighted by Gasteiger charge is 2.25. The Morgan fingerprint density at radius 2 is 2.33 bits per heavy atom. The van der Waals surface area contributed by atoms with Crippen LogP contribution in [0.4, 0.5) is 5.69 Å². The van der Waals surface area contributed by atoms with E-state index in [-0.39, 0.29) is 0 Å². The minimum absolute atomic E-state index is 0.581. The van der Waals surface area contributed by atoms with Crippen molar-refractivity contribution in [2.45, 2.75) is 6.04 Å². The second-order valence-corrected chi connectivity index (χ2v) is 3.33. The van der Waals surface area contributed by atoms with E-state index in [1.807, 2.05) is 17.9 Å². The van der Waals surface area contributed by atoms with Crippen molar-refractivity contribution in [1.29, 1.82) is 0 Å². The number of anilines is 1. The van der Waals surface area contributed by atoms with E-state index in [9.17, 15) is 0 Å². The number of aromatic nitrogens is 2. The Morgan fingerprint density at radius 3 is 2.83 bits per heavy atom. The molecular formula is C8H14N4. The number of hydrogen-bond donors (Lipinski definition) is 1. The third-order valence-corrected chi connectivity index (χ3v) is 2.31. The van der Waals surface area contributed by atoms with Crippen LogP contribution >= 0.6 is 0 Å². The maximum atomic E-state index is 4.27. The molecule has 1 aliphatic heterocycles. The molecule has 0 amide bonds. The van der Waals surface area contributed by atoms with Crippen molar-refractivity contribution in [3.63, 3.8) is 0 Å². The van der Waals surface area contributed by atoms with Crippen LogP contribution in [0.15, 0.2) is 12.4 Å². The first kappa shape index (κ1) is 7.61. The smallest absolute Gasteiger partial charge is 0.0773 e. The van der Waals surface area contributed by atoms with Crippen molar-refractivity contribution in [1.82, 2.24) is 14.7 Å². The highest BCUT2D eigenvalue weighted by atomic mass is 15.4. The number of likely N-dealkylation sites (tertiary alicyclic amines) is 1. The molecular weight excluding hydrogens is 152 g/mol. The van der Waals surface area contributed by atoms with Crippen LogP contribution in [0.2, 0.25) is 0 Å². The van der Waals surface area contributed by atoms with E-state index in [2.05, 4.69) is 28.6 Å². The number of nitrogens with one attached hydrogen (secondary N) is 1. The molecule has 0 aromatic carbocycles. The first-order valence-electron chi connectivity index (χ1n) is 4.20. The first-order chi connectivity index (χ1) is 5.79. The molecule has 0 spiro atoms. The van der Waals surface area contributed by atoms with Gasteiger partial charge in [-0.05, 0) is 7.05 Å². The average Bonchev–Trinajstić information content (AvgIpc) is 2.46. The van der Waals surface area contributed by atoms with E-state index in [1.54, 1.807) is 0 Å². The van der Waals surface area contributed by atoms with Gasteiger partial charge in [0, 0.05) is 26.3 Å². The summed E-state index contributed by atoms with van der Waals surface area (Å²) < 4.78 is 2.03. The molecule has 0 saturated carbocycles. The lowest BCUT2D eigenvalue weighted by atomic mass is 10.1. The summed E-state index contributed by atoms with van der Waals surface area (Å²) in [6.45, 7) is 2.23. The van der Waals surface area contributed by atoms with E-state index in [0.29, 0.717) is 6.04 Å². The molecule has 0 aliphatic carbocycles. The van der Waals surface area contributed by atoms with Gasteiger partial charge in [-0.25, -0.2) is 0 Å². The highest BCUT2D eigenvalue weighted by molar-refractivity contribution is 5.37. The minimum atomic E-state index is 0.581. The van der Waals surface area contributed by atoms with Crippen LogP contribution in [0.5, 0.6) is 0 Å². The van der Waals surface area contributed by atoms with Crippen LogP contribution in [0.3, 0.4) is 0 Å². The second kappa shape index (κ2) is 2.79. The molecule has 1 aliphatic rings. The number of hydrogen-bond acceptors (Lipinski definition) is 3. The Labute approximate surface area is 72.2 Å². The molecule has 1 saturated heterocycles. The van der Waals surface area contributed by atoms with Gasteiger partial charge in [-0.15, -0.1) is 0 Å². The van der Waals surface area contributed by atoms with Gasteiger partial charge in [-0.1, -0.05) is 0 Å². The van der Waals surface area contributed by atoms with Gasteiger partial charge >= 0.3 is 0 Å². The lowest BCUT2D eigenvalue weighted by Gasteiger charge is -2.35. The second-order valence-electron chi connectivity index (χ2n) is 3.33. The predicted molar refractivity (Wildman–Crippen MR) is 48.3 cm³/mol. The van der Waals surface area contributed by atoms with Crippen molar-refractivity contribution in [2.24, 2.45) is 0 Å². The maximum absolute atomic E-state index is 4.27. The Hall–Kier alpha value is -1.03. The summed E-state index contributed by atoms with van der Waals surface area (Å²) in [5, 5.41) is 7.34. The third kappa shape index (κ3) is 1.18. The summed E-state index contributed by atoms with van der Waals surface area (Å²) in [5.74, 6) is 0. The monoisotopic (exact) mass is 166 g/mol. The Morgan fingerprint density at radius 1 is 1.58 bits per heavy atom. The van der Waals surface area contributed by atoms with Crippen molar-refractivity contribution in [3.05, 3.63) is 12.4 Å². The molecule has 0 radical (unpaired) electrons. The molecule has 0 atom stereocenters. The van der Waals surface area contributed by atoms with Crippen LogP contribution in [0.25, 0.3) is 0 Å². The zero-order chi connectivity index (χ0) is 8.55. The Bertz CT molecular complexity index is 262. The van der Waals surface area contributed by atoms with Gasteiger partial charge in [-0.2, -0.15) is 5.10 Å². The molecule has 4 heteroatoms. The Kier molecular flexibility index (Phi) is 1.77. The average molecular weight is 166 g/mol. The normalized spacial score (nSPS) is 19.2. The Balaban J connectivity index is 2.04. The lowest BCUT2D eigenvalue weighted by molar-refractivity contribution is 0.130. The highest BCUT2D eigenvalue weighted by Crippen LogP contribution is 2.19. The van der Waals surface area contributed by atoms with E-state index in [4.69, 9.17) is 0 Å². The molecule has 0 bridgehead atoms. The number of rotatable bonds is 2. The minimum Gasteiger partial charge on any atom is -0.386 e. The van der Waals surface area contributed by atoms with Crippen LogP contribution in [0, 0.1) is 0 Å². The fourth-order valence-corrected chi connectivity index (χ4v) is 1.50. The van der Waals surface area contributed by atoms with Gasteiger partial charge in [0.15, 0.2) is 0 Å². The maximum Gasteiger partial charge on any atom is 0.0773 e. The quantitative estimate of drug-likeness (QED) is 0.691. The molecule has 1 aromatic rings. The first-order valence-corrected chi connectivity index (χ1v) is 4.20. The van der Waals surface area contributed by atoms with Crippen LogP contribution in [-0.2, 0) is 0 Å². The van der Waals surface area contributed by atoms with E-state index < -0.39 is 0 Å². The van der Waals surface area contributed by atoms with Gasteiger partial charge < -0.3 is 10.2 Å². The fourth-order valence-electron chi connectivity index (χ4n) is 1.50. The van der Waals surface area contributed by atoms with Gasteiger partial charge in [0.2, 0.25) is 0 Å². The van der Waals surface area contributed by atoms with Gasteiger partial charge in [0.05, 0.1) is 17.9 Å². The zero-order valence-electron chi connectivity index (χ0n) is 7.49. The predicted octanol–water partition coefficient (Wildman–Crippen LogP) is 0.411. The molecule has 2 heterocycles. The summed E-state index contributed by atoms with van der Waals surface area (Å²) in [6, 6.07) is 0.581. The summed E-state index contributed by atoms with van der Waals surface area (Å²) in [6.07, 6.45) is 3.91. The summed E-state index contributed by atoms with van der Waals surface area (Å²) in [5.41, 5.74) is 1.09. The van der Waals surface area contributed by atoms with Crippen LogP contribution in [-0.4, -0.2) is 41.9 Å². The molecule has 1 N–H and O–H groups in total. The topological polar surface area (TPSA) is 33.1 Å². The standard InChI is InChI=1S/C8H14N4/c1-9-7-3-10-12(4-7)8-5-11(2)6-8/h3-4,8-9H,5-6H2,1-2H3. The SMILES string of the molecule is CNc1cnn(C2CN(C)C2)c1. The molecule has 1 fully saturated rings. The van der Waals surface area contributed by atoms with Gasteiger partial charge in [-0.3, -0.25) is 4.68 Å². The summed E-state index contributed by atoms with van der Waals surface area (Å²) in [4.78, 5) is 2.28. The molecule has 12 heavy (non-hydrogen) atoms. The summed E-state index contributed by atoms with van der Waals surface area (Å²) in [7, 11) is 4.03. The number of likely N-dealkylation sites (N-methyl/N-ethyl adjacent to an activating group) is 1. The fraction of sp³-hybridized carbons (Fsp3) is 0.625. The van der Waals surface area contributed by atoms with Crippen molar-refractivity contribution in [2.75, 3.05) is 32.5 Å². The van der Waals surface area contributed by atoms with Crippen LogP contribution in [0.1, 0.15) is 6.04 Å². The molecule has 0 unspecified atom stereocenters. The largest absolute Gasteiger partial charge is 0.386 e. The molecule has 66 valence electrons. The third-order valence-electron chi connectivity index (χ3n) is 2.31. The number of nitrogens with zero attached hydrogens (tertiary/aromatic N) is 3. The molecule has 1 aromatic heterocycles. The van der Waals surface area contributed by atoms with E-state index in [1.165, 1.54) is 0 Å². The lowest BCUT2D eigenvalue weighted by Crippen LogP contribution is -2.45. The zero-order valence-corrected chi connectivity index (χ0v) is 7.49. The van der Waals surface area contributed by atoms with E-state index >= 15 is 0 Å². The van der Waals surface area contributed by atoms with Crippen molar-refractivity contribution >= 4 is 5.69 Å². The van der Waals surface area contributed by atoms with E-state index in [0.717, 1.165) is 18.8 Å².